The van der Waals surface area contributed by atoms with E-state index >= 15 is 0 Å². The number of aryl methyl sites for hydroxylation is 3. The first-order valence-corrected chi connectivity index (χ1v) is 9.04. The zero-order valence-electron chi connectivity index (χ0n) is 16.5. The van der Waals surface area contributed by atoms with Gasteiger partial charge in [0.2, 0.25) is 0 Å². The van der Waals surface area contributed by atoms with Crippen LogP contribution in [0.3, 0.4) is 0 Å². The van der Waals surface area contributed by atoms with Crippen molar-refractivity contribution >= 4 is 24.1 Å². The van der Waals surface area contributed by atoms with Crippen molar-refractivity contribution < 1.29 is 4.74 Å². The molecule has 3 rings (SSSR count). The monoisotopic (exact) mass is 395 g/mol. The van der Waals surface area contributed by atoms with Crippen LogP contribution >= 0.6 is 12.4 Å². The van der Waals surface area contributed by atoms with Crippen LogP contribution in [0.2, 0.25) is 0 Å². The summed E-state index contributed by atoms with van der Waals surface area (Å²) in [5.74, 6) is 1.65. The summed E-state index contributed by atoms with van der Waals surface area (Å²) >= 11 is 0. The number of benzene rings is 2. The van der Waals surface area contributed by atoms with Gasteiger partial charge in [-0.15, -0.1) is 12.4 Å². The summed E-state index contributed by atoms with van der Waals surface area (Å²) in [5.41, 5.74) is 12.2. The van der Waals surface area contributed by atoms with Gasteiger partial charge in [-0.1, -0.05) is 48.0 Å². The van der Waals surface area contributed by atoms with Gasteiger partial charge in [-0.05, 0) is 55.2 Å². The van der Waals surface area contributed by atoms with Crippen LogP contribution in [-0.4, -0.2) is 10.8 Å². The van der Waals surface area contributed by atoms with Crippen LogP contribution in [0.5, 0.6) is 5.75 Å². The maximum absolute atomic E-state index is 6.13. The standard InChI is InChI=1S/C23H25N3O.ClH/c1-16-12-17(2)20(18(3)13-16)15-27-21-10-7-11-25-23(21)26-22(24)14-19-8-5-4-6-9-19;/h4-13H,14-15H2,1-3H3,(H2,24,25,26);1H. The molecule has 0 unspecified atom stereocenters. The Morgan fingerprint density at radius 2 is 1.68 bits per heavy atom. The summed E-state index contributed by atoms with van der Waals surface area (Å²) in [7, 11) is 0. The lowest BCUT2D eigenvalue weighted by atomic mass is 10.0. The predicted octanol–water partition coefficient (Wildman–Crippen LogP) is 5.24. The SMILES string of the molecule is Cc1cc(C)c(COc2cccnc2N=C(N)Cc2ccccc2)c(C)c1.Cl. The molecule has 4 nitrogen and oxygen atoms in total. The van der Waals surface area contributed by atoms with Crippen LogP contribution in [0.15, 0.2) is 65.8 Å². The maximum atomic E-state index is 6.13. The van der Waals surface area contributed by atoms with Gasteiger partial charge >= 0.3 is 0 Å². The third-order valence-electron chi connectivity index (χ3n) is 4.44. The molecular formula is C23H26ClN3O. The van der Waals surface area contributed by atoms with E-state index in [4.69, 9.17) is 10.5 Å². The zero-order chi connectivity index (χ0) is 19.2. The molecule has 0 aliphatic heterocycles. The van der Waals surface area contributed by atoms with Crippen LogP contribution in [0, 0.1) is 20.8 Å². The molecule has 0 aliphatic carbocycles. The van der Waals surface area contributed by atoms with Crippen molar-refractivity contribution in [3.05, 3.63) is 88.6 Å². The smallest absolute Gasteiger partial charge is 0.196 e. The van der Waals surface area contributed by atoms with Crippen molar-refractivity contribution in [1.82, 2.24) is 4.98 Å². The minimum Gasteiger partial charge on any atom is -0.485 e. The first kappa shape index (κ1) is 21.5. The lowest BCUT2D eigenvalue weighted by Crippen LogP contribution is -2.14. The normalized spacial score (nSPS) is 11.0. The summed E-state index contributed by atoms with van der Waals surface area (Å²) in [4.78, 5) is 8.82. The summed E-state index contributed by atoms with van der Waals surface area (Å²) in [5, 5.41) is 0. The topological polar surface area (TPSA) is 60.5 Å². The number of amidine groups is 1. The molecule has 146 valence electrons. The lowest BCUT2D eigenvalue weighted by molar-refractivity contribution is 0.304. The number of hydrogen-bond acceptors (Lipinski definition) is 3. The lowest BCUT2D eigenvalue weighted by Gasteiger charge is -2.13. The molecule has 0 saturated carbocycles. The maximum Gasteiger partial charge on any atom is 0.196 e. The Labute approximate surface area is 172 Å². The molecule has 28 heavy (non-hydrogen) atoms. The fraction of sp³-hybridized carbons (Fsp3) is 0.217. The van der Waals surface area contributed by atoms with E-state index in [1.54, 1.807) is 6.20 Å². The van der Waals surface area contributed by atoms with E-state index in [2.05, 4.69) is 42.9 Å². The van der Waals surface area contributed by atoms with Crippen LogP contribution in [0.4, 0.5) is 5.82 Å². The minimum atomic E-state index is 0. The summed E-state index contributed by atoms with van der Waals surface area (Å²) in [6, 6.07) is 18.1. The number of halogens is 1. The van der Waals surface area contributed by atoms with Crippen LogP contribution in [0.25, 0.3) is 0 Å². The molecule has 0 amide bonds. The number of ether oxygens (including phenoxy) is 1. The number of hydrogen-bond donors (Lipinski definition) is 1. The third-order valence-corrected chi connectivity index (χ3v) is 4.44. The van der Waals surface area contributed by atoms with Gasteiger partial charge in [-0.2, -0.15) is 0 Å². The van der Waals surface area contributed by atoms with Crippen molar-refractivity contribution in [3.8, 4) is 5.75 Å². The van der Waals surface area contributed by atoms with Crippen LogP contribution in [-0.2, 0) is 13.0 Å². The molecule has 0 atom stereocenters. The zero-order valence-corrected chi connectivity index (χ0v) is 17.3. The second-order valence-electron chi connectivity index (χ2n) is 6.76. The fourth-order valence-corrected chi connectivity index (χ4v) is 3.15. The Morgan fingerprint density at radius 3 is 2.36 bits per heavy atom. The molecule has 0 aliphatic rings. The largest absolute Gasteiger partial charge is 0.485 e. The molecule has 0 fully saturated rings. The van der Waals surface area contributed by atoms with Crippen molar-refractivity contribution in [3.63, 3.8) is 0 Å². The van der Waals surface area contributed by atoms with E-state index in [0.29, 0.717) is 30.4 Å². The molecule has 0 saturated heterocycles. The summed E-state index contributed by atoms with van der Waals surface area (Å²) in [6.07, 6.45) is 2.27. The van der Waals surface area contributed by atoms with Gasteiger partial charge in [-0.25, -0.2) is 9.98 Å². The Balaban J connectivity index is 0.00000280. The number of aromatic nitrogens is 1. The first-order valence-electron chi connectivity index (χ1n) is 9.04. The Bertz CT molecular complexity index is 932. The van der Waals surface area contributed by atoms with E-state index in [0.717, 1.165) is 5.56 Å². The number of nitrogens with two attached hydrogens (primary N) is 1. The molecule has 0 radical (unpaired) electrons. The summed E-state index contributed by atoms with van der Waals surface area (Å²) < 4.78 is 6.05. The van der Waals surface area contributed by atoms with Crippen LogP contribution < -0.4 is 10.5 Å². The molecule has 2 N–H and O–H groups in total. The molecule has 0 bridgehead atoms. The molecule has 3 aromatic rings. The highest BCUT2D eigenvalue weighted by molar-refractivity contribution is 5.85. The minimum absolute atomic E-state index is 0. The third kappa shape index (κ3) is 5.57. The van der Waals surface area contributed by atoms with Gasteiger partial charge in [0.25, 0.3) is 0 Å². The van der Waals surface area contributed by atoms with Crippen molar-refractivity contribution in [1.29, 1.82) is 0 Å². The van der Waals surface area contributed by atoms with E-state index in [-0.39, 0.29) is 12.4 Å². The molecule has 0 spiro atoms. The van der Waals surface area contributed by atoms with E-state index in [1.807, 2.05) is 42.5 Å². The number of pyridine rings is 1. The predicted molar refractivity (Wildman–Crippen MR) is 118 cm³/mol. The van der Waals surface area contributed by atoms with Crippen molar-refractivity contribution in [2.24, 2.45) is 10.7 Å². The second kappa shape index (κ2) is 9.90. The van der Waals surface area contributed by atoms with E-state index in [1.165, 1.54) is 22.3 Å². The average molecular weight is 396 g/mol. The highest BCUT2D eigenvalue weighted by atomic mass is 35.5. The average Bonchev–Trinajstić information content (AvgIpc) is 2.63. The Hall–Kier alpha value is -2.85. The van der Waals surface area contributed by atoms with Gasteiger partial charge < -0.3 is 10.5 Å². The van der Waals surface area contributed by atoms with E-state index in [9.17, 15) is 0 Å². The van der Waals surface area contributed by atoms with Gasteiger partial charge in [0.1, 0.15) is 12.4 Å². The van der Waals surface area contributed by atoms with Crippen LogP contribution in [0.1, 0.15) is 27.8 Å². The van der Waals surface area contributed by atoms with E-state index < -0.39 is 0 Å². The van der Waals surface area contributed by atoms with Gasteiger partial charge in [-0.3, -0.25) is 0 Å². The second-order valence-corrected chi connectivity index (χ2v) is 6.76. The first-order chi connectivity index (χ1) is 13.0. The Morgan fingerprint density at radius 1 is 1.00 bits per heavy atom. The van der Waals surface area contributed by atoms with Gasteiger partial charge in [0.05, 0.1) is 0 Å². The molecular weight excluding hydrogens is 370 g/mol. The Kier molecular flexibility index (Phi) is 7.59. The number of nitrogens with zero attached hydrogens (tertiary/aromatic N) is 2. The number of rotatable bonds is 6. The fourth-order valence-electron chi connectivity index (χ4n) is 3.15. The van der Waals surface area contributed by atoms with Crippen molar-refractivity contribution in [2.45, 2.75) is 33.8 Å². The molecule has 1 heterocycles. The quantitative estimate of drug-likeness (QED) is 0.458. The summed E-state index contributed by atoms with van der Waals surface area (Å²) in [6.45, 7) is 6.80. The van der Waals surface area contributed by atoms with Gasteiger partial charge in [0.15, 0.2) is 11.6 Å². The van der Waals surface area contributed by atoms with Crippen molar-refractivity contribution in [2.75, 3.05) is 0 Å². The van der Waals surface area contributed by atoms with Gasteiger partial charge in [0, 0.05) is 12.6 Å². The molecule has 2 aromatic carbocycles. The molecule has 5 heteroatoms. The highest BCUT2D eigenvalue weighted by Gasteiger charge is 2.09. The highest BCUT2D eigenvalue weighted by Crippen LogP contribution is 2.26. The number of aliphatic imine (C=N–C) groups is 1. The molecule has 1 aromatic heterocycles.